The Morgan fingerprint density at radius 1 is 0.964 bits per heavy atom. The molecule has 28 heavy (non-hydrogen) atoms. The van der Waals surface area contributed by atoms with Gasteiger partial charge < -0.3 is 15.5 Å². The van der Waals surface area contributed by atoms with Gasteiger partial charge in [-0.2, -0.15) is 0 Å². The first-order chi connectivity index (χ1) is 13.7. The molecule has 4 rings (SSSR count). The minimum absolute atomic E-state index is 0.171. The smallest absolute Gasteiger partial charge is 0.257 e. The third kappa shape index (κ3) is 4.14. The third-order valence-electron chi connectivity index (χ3n) is 5.02. The zero-order valence-corrected chi connectivity index (χ0v) is 16.0. The summed E-state index contributed by atoms with van der Waals surface area (Å²) in [5, 5.41) is 6.28. The first-order valence-electron chi connectivity index (χ1n) is 9.63. The van der Waals surface area contributed by atoms with E-state index in [1.165, 1.54) is 18.5 Å². The van der Waals surface area contributed by atoms with Gasteiger partial charge in [0.1, 0.15) is 0 Å². The van der Waals surface area contributed by atoms with E-state index in [9.17, 15) is 4.79 Å². The summed E-state index contributed by atoms with van der Waals surface area (Å²) in [5.41, 5.74) is 5.43. The fraction of sp³-hybridized carbons (Fsp3) is 0.217. The lowest BCUT2D eigenvalue weighted by Gasteiger charge is -2.17. The SMILES string of the molecule is Cc1ccccc1Nc1cncc(C(=O)Nc2ccc(N3CCCC3)cc2)c1. The summed E-state index contributed by atoms with van der Waals surface area (Å²) in [7, 11) is 0. The molecule has 0 aliphatic carbocycles. The number of anilines is 4. The number of amides is 1. The molecule has 2 aromatic carbocycles. The standard InChI is InChI=1S/C23H24N4O/c1-17-6-2-3-7-22(17)25-20-14-18(15-24-16-20)23(28)26-19-8-10-21(11-9-19)27-12-4-5-13-27/h2-3,6-11,14-16,25H,4-5,12-13H2,1H3,(H,26,28). The Morgan fingerprint density at radius 3 is 2.46 bits per heavy atom. The zero-order chi connectivity index (χ0) is 19.3. The van der Waals surface area contributed by atoms with Crippen molar-refractivity contribution in [1.29, 1.82) is 0 Å². The van der Waals surface area contributed by atoms with Gasteiger partial charge in [-0.25, -0.2) is 0 Å². The number of benzene rings is 2. The summed E-state index contributed by atoms with van der Waals surface area (Å²) in [5.74, 6) is -0.171. The van der Waals surface area contributed by atoms with E-state index >= 15 is 0 Å². The Hall–Kier alpha value is -3.34. The van der Waals surface area contributed by atoms with Crippen LogP contribution in [0.3, 0.4) is 0 Å². The summed E-state index contributed by atoms with van der Waals surface area (Å²) >= 11 is 0. The highest BCUT2D eigenvalue weighted by molar-refractivity contribution is 6.04. The van der Waals surface area contributed by atoms with E-state index < -0.39 is 0 Å². The van der Waals surface area contributed by atoms with E-state index in [0.29, 0.717) is 5.56 Å². The number of carbonyl (C=O) groups excluding carboxylic acids is 1. The number of hydrogen-bond acceptors (Lipinski definition) is 4. The molecule has 1 aliphatic heterocycles. The predicted molar refractivity (Wildman–Crippen MR) is 115 cm³/mol. The van der Waals surface area contributed by atoms with Crippen LogP contribution in [0, 0.1) is 6.92 Å². The van der Waals surface area contributed by atoms with Crippen LogP contribution < -0.4 is 15.5 Å². The van der Waals surface area contributed by atoms with Gasteiger partial charge in [0.25, 0.3) is 5.91 Å². The molecular formula is C23H24N4O. The van der Waals surface area contributed by atoms with Gasteiger partial charge >= 0.3 is 0 Å². The molecule has 0 unspecified atom stereocenters. The van der Waals surface area contributed by atoms with Crippen molar-refractivity contribution in [3.63, 3.8) is 0 Å². The van der Waals surface area contributed by atoms with E-state index in [1.807, 2.05) is 49.4 Å². The number of carbonyl (C=O) groups is 1. The second-order valence-corrected chi connectivity index (χ2v) is 7.10. The lowest BCUT2D eigenvalue weighted by Crippen LogP contribution is -2.17. The summed E-state index contributed by atoms with van der Waals surface area (Å²) in [6.07, 6.45) is 5.79. The van der Waals surface area contributed by atoms with Crippen molar-refractivity contribution < 1.29 is 4.79 Å². The van der Waals surface area contributed by atoms with E-state index in [0.717, 1.165) is 35.7 Å². The van der Waals surface area contributed by atoms with Crippen LogP contribution in [0.5, 0.6) is 0 Å². The highest BCUT2D eigenvalue weighted by atomic mass is 16.1. The molecule has 5 nitrogen and oxygen atoms in total. The molecule has 1 aliphatic rings. The maximum atomic E-state index is 12.6. The molecule has 0 bridgehead atoms. The van der Waals surface area contributed by atoms with E-state index in [2.05, 4.69) is 32.7 Å². The Bertz CT molecular complexity index is 962. The first-order valence-corrected chi connectivity index (χ1v) is 9.63. The molecular weight excluding hydrogens is 348 g/mol. The summed E-state index contributed by atoms with van der Waals surface area (Å²) in [4.78, 5) is 19.2. The van der Waals surface area contributed by atoms with Crippen LogP contribution in [0.2, 0.25) is 0 Å². The predicted octanol–water partition coefficient (Wildman–Crippen LogP) is 4.99. The average Bonchev–Trinajstić information content (AvgIpc) is 3.25. The van der Waals surface area contributed by atoms with Crippen LogP contribution >= 0.6 is 0 Å². The molecule has 5 heteroatoms. The lowest BCUT2D eigenvalue weighted by molar-refractivity contribution is 0.102. The summed E-state index contributed by atoms with van der Waals surface area (Å²) in [6, 6.07) is 17.9. The van der Waals surface area contributed by atoms with Crippen molar-refractivity contribution in [3.05, 3.63) is 78.1 Å². The first kappa shape index (κ1) is 18.0. The van der Waals surface area contributed by atoms with Gasteiger partial charge in [0.2, 0.25) is 0 Å². The lowest BCUT2D eigenvalue weighted by atomic mass is 10.2. The van der Waals surface area contributed by atoms with Crippen LogP contribution in [-0.4, -0.2) is 24.0 Å². The highest BCUT2D eigenvalue weighted by Crippen LogP contribution is 2.23. The van der Waals surface area contributed by atoms with E-state index in [1.54, 1.807) is 12.4 Å². The van der Waals surface area contributed by atoms with Crippen molar-refractivity contribution in [3.8, 4) is 0 Å². The fourth-order valence-corrected chi connectivity index (χ4v) is 3.44. The van der Waals surface area contributed by atoms with E-state index in [-0.39, 0.29) is 5.91 Å². The van der Waals surface area contributed by atoms with Crippen molar-refractivity contribution in [1.82, 2.24) is 4.98 Å². The molecule has 0 atom stereocenters. The Kier molecular flexibility index (Phi) is 5.24. The van der Waals surface area contributed by atoms with Gasteiger partial charge in [-0.3, -0.25) is 9.78 Å². The molecule has 2 heterocycles. The quantitative estimate of drug-likeness (QED) is 0.663. The molecule has 2 N–H and O–H groups in total. The number of nitrogens with zero attached hydrogens (tertiary/aromatic N) is 2. The van der Waals surface area contributed by atoms with Gasteiger partial charge in [0, 0.05) is 36.3 Å². The molecule has 1 saturated heterocycles. The van der Waals surface area contributed by atoms with Gasteiger partial charge in [-0.1, -0.05) is 18.2 Å². The van der Waals surface area contributed by atoms with Crippen molar-refractivity contribution in [2.45, 2.75) is 19.8 Å². The topological polar surface area (TPSA) is 57.3 Å². The Labute approximate surface area is 165 Å². The third-order valence-corrected chi connectivity index (χ3v) is 5.02. The zero-order valence-electron chi connectivity index (χ0n) is 16.0. The number of aryl methyl sites for hydroxylation is 1. The van der Waals surface area contributed by atoms with Gasteiger partial charge in [0.05, 0.1) is 17.4 Å². The minimum Gasteiger partial charge on any atom is -0.372 e. The molecule has 0 spiro atoms. The number of para-hydroxylation sites is 1. The van der Waals surface area contributed by atoms with Gasteiger partial charge in [0.15, 0.2) is 0 Å². The highest BCUT2D eigenvalue weighted by Gasteiger charge is 2.13. The van der Waals surface area contributed by atoms with Crippen LogP contribution in [0.15, 0.2) is 67.0 Å². The van der Waals surface area contributed by atoms with Crippen LogP contribution in [0.1, 0.15) is 28.8 Å². The molecule has 0 saturated carbocycles. The fourth-order valence-electron chi connectivity index (χ4n) is 3.44. The average molecular weight is 372 g/mol. The van der Waals surface area contributed by atoms with Crippen molar-refractivity contribution in [2.24, 2.45) is 0 Å². The van der Waals surface area contributed by atoms with Crippen LogP contribution in [0.4, 0.5) is 22.7 Å². The number of aromatic nitrogens is 1. The molecule has 142 valence electrons. The monoisotopic (exact) mass is 372 g/mol. The van der Waals surface area contributed by atoms with Crippen molar-refractivity contribution in [2.75, 3.05) is 28.6 Å². The summed E-state index contributed by atoms with van der Waals surface area (Å²) < 4.78 is 0. The normalized spacial score (nSPS) is 13.4. The Balaban J connectivity index is 1.44. The van der Waals surface area contributed by atoms with Crippen LogP contribution in [-0.2, 0) is 0 Å². The number of hydrogen-bond donors (Lipinski definition) is 2. The molecule has 1 fully saturated rings. The molecule has 0 radical (unpaired) electrons. The summed E-state index contributed by atoms with van der Waals surface area (Å²) in [6.45, 7) is 4.26. The molecule has 3 aromatic rings. The van der Waals surface area contributed by atoms with Crippen LogP contribution in [0.25, 0.3) is 0 Å². The largest absolute Gasteiger partial charge is 0.372 e. The second kappa shape index (κ2) is 8.13. The van der Waals surface area contributed by atoms with Crippen molar-refractivity contribution >= 4 is 28.7 Å². The molecule has 1 amide bonds. The maximum Gasteiger partial charge on any atom is 0.257 e. The number of rotatable bonds is 5. The second-order valence-electron chi connectivity index (χ2n) is 7.10. The number of nitrogens with one attached hydrogen (secondary N) is 2. The Morgan fingerprint density at radius 2 is 1.71 bits per heavy atom. The van der Waals surface area contributed by atoms with Gasteiger partial charge in [-0.05, 0) is 61.7 Å². The number of pyridine rings is 1. The maximum absolute atomic E-state index is 12.6. The minimum atomic E-state index is -0.171. The molecule has 1 aromatic heterocycles. The van der Waals surface area contributed by atoms with Gasteiger partial charge in [-0.15, -0.1) is 0 Å². The van der Waals surface area contributed by atoms with E-state index in [4.69, 9.17) is 0 Å².